The van der Waals surface area contributed by atoms with E-state index in [9.17, 15) is 9.90 Å². The molecule has 0 saturated heterocycles. The minimum atomic E-state index is -0.667. The fourth-order valence-electron chi connectivity index (χ4n) is 1.83. The van der Waals surface area contributed by atoms with Gasteiger partial charge in [-0.15, -0.1) is 0 Å². The zero-order valence-electron chi connectivity index (χ0n) is 11.5. The van der Waals surface area contributed by atoms with E-state index in [1.807, 2.05) is 30.3 Å². The van der Waals surface area contributed by atoms with E-state index in [1.54, 1.807) is 13.8 Å². The average Bonchev–Trinajstić information content (AvgIpc) is 2.72. The predicted molar refractivity (Wildman–Crippen MR) is 72.2 cm³/mol. The van der Waals surface area contributed by atoms with E-state index in [0.29, 0.717) is 5.70 Å². The van der Waals surface area contributed by atoms with E-state index in [2.05, 4.69) is 10.6 Å². The van der Waals surface area contributed by atoms with Crippen molar-refractivity contribution < 1.29 is 19.4 Å². The second kappa shape index (κ2) is 5.83. The SMILES string of the molecule is CC1(C)NC(CO)=C(NC(=O)OCc2ccccc2)O1. The number of aliphatic hydroxyl groups excluding tert-OH is 1. The Balaban J connectivity index is 1.88. The van der Waals surface area contributed by atoms with Gasteiger partial charge in [-0.3, -0.25) is 5.32 Å². The fraction of sp³-hybridized carbons (Fsp3) is 0.357. The third-order valence-corrected chi connectivity index (χ3v) is 2.67. The highest BCUT2D eigenvalue weighted by Crippen LogP contribution is 2.21. The molecule has 0 aromatic heterocycles. The molecule has 1 aliphatic rings. The number of hydrogen-bond acceptors (Lipinski definition) is 5. The number of hydrogen-bond donors (Lipinski definition) is 3. The Morgan fingerprint density at radius 1 is 1.40 bits per heavy atom. The first-order chi connectivity index (χ1) is 9.50. The van der Waals surface area contributed by atoms with Gasteiger partial charge in [-0.05, 0) is 19.4 Å². The van der Waals surface area contributed by atoms with Crippen molar-refractivity contribution >= 4 is 6.09 Å². The first-order valence-electron chi connectivity index (χ1n) is 6.29. The van der Waals surface area contributed by atoms with Gasteiger partial charge in [0.1, 0.15) is 12.3 Å². The highest BCUT2D eigenvalue weighted by molar-refractivity contribution is 5.69. The maximum Gasteiger partial charge on any atom is 0.414 e. The first kappa shape index (κ1) is 14.2. The Labute approximate surface area is 117 Å². The third-order valence-electron chi connectivity index (χ3n) is 2.67. The zero-order valence-corrected chi connectivity index (χ0v) is 11.5. The maximum absolute atomic E-state index is 11.7. The summed E-state index contributed by atoms with van der Waals surface area (Å²) < 4.78 is 10.5. The maximum atomic E-state index is 11.7. The van der Waals surface area contributed by atoms with Crippen LogP contribution in [0.25, 0.3) is 0 Å². The summed E-state index contributed by atoms with van der Waals surface area (Å²) in [5.41, 5.74) is 0.650. The monoisotopic (exact) mass is 278 g/mol. The molecule has 1 aliphatic heterocycles. The highest BCUT2D eigenvalue weighted by Gasteiger charge is 2.32. The van der Waals surface area contributed by atoms with Gasteiger partial charge in [-0.25, -0.2) is 4.79 Å². The average molecular weight is 278 g/mol. The lowest BCUT2D eigenvalue weighted by atomic mass is 10.2. The molecule has 20 heavy (non-hydrogen) atoms. The number of aliphatic hydroxyl groups is 1. The molecule has 1 aromatic rings. The van der Waals surface area contributed by atoms with Gasteiger partial charge in [-0.1, -0.05) is 30.3 Å². The van der Waals surface area contributed by atoms with Crippen LogP contribution < -0.4 is 10.6 Å². The van der Waals surface area contributed by atoms with Crippen LogP contribution in [0, 0.1) is 0 Å². The Kier molecular flexibility index (Phi) is 4.14. The van der Waals surface area contributed by atoms with Crippen LogP contribution in [0.4, 0.5) is 4.79 Å². The summed E-state index contributed by atoms with van der Waals surface area (Å²) in [6, 6.07) is 9.36. The van der Waals surface area contributed by atoms with Gasteiger partial charge >= 0.3 is 6.09 Å². The van der Waals surface area contributed by atoms with Crippen LogP contribution in [0.1, 0.15) is 19.4 Å². The molecule has 0 radical (unpaired) electrons. The third kappa shape index (κ3) is 3.64. The van der Waals surface area contributed by atoms with Crippen molar-refractivity contribution in [3.8, 4) is 0 Å². The molecule has 108 valence electrons. The number of amides is 1. The number of carbonyl (C=O) groups is 1. The van der Waals surface area contributed by atoms with Crippen molar-refractivity contribution in [3.63, 3.8) is 0 Å². The second-order valence-electron chi connectivity index (χ2n) is 4.89. The fourth-order valence-corrected chi connectivity index (χ4v) is 1.83. The Morgan fingerprint density at radius 3 is 2.75 bits per heavy atom. The molecule has 1 heterocycles. The molecule has 6 heteroatoms. The van der Waals surface area contributed by atoms with Gasteiger partial charge in [0.05, 0.1) is 6.61 Å². The van der Waals surface area contributed by atoms with E-state index < -0.39 is 11.8 Å². The number of carbonyl (C=O) groups excluding carboxylic acids is 1. The van der Waals surface area contributed by atoms with E-state index in [4.69, 9.17) is 9.47 Å². The van der Waals surface area contributed by atoms with E-state index in [0.717, 1.165) is 5.56 Å². The number of rotatable bonds is 4. The molecular weight excluding hydrogens is 260 g/mol. The molecule has 2 rings (SSSR count). The summed E-state index contributed by atoms with van der Waals surface area (Å²) in [7, 11) is 0. The van der Waals surface area contributed by atoms with Gasteiger partial charge in [-0.2, -0.15) is 0 Å². The van der Waals surface area contributed by atoms with Crippen LogP contribution in [0.15, 0.2) is 41.9 Å². The van der Waals surface area contributed by atoms with E-state index in [-0.39, 0.29) is 19.1 Å². The van der Waals surface area contributed by atoms with E-state index >= 15 is 0 Å². The molecule has 0 unspecified atom stereocenters. The topological polar surface area (TPSA) is 79.8 Å². The smallest absolute Gasteiger partial charge is 0.414 e. The molecular formula is C14H18N2O4. The summed E-state index contributed by atoms with van der Waals surface area (Å²) in [4.78, 5) is 11.7. The minimum Gasteiger partial charge on any atom is -0.452 e. The van der Waals surface area contributed by atoms with Gasteiger partial charge in [0, 0.05) is 0 Å². The molecule has 0 saturated carbocycles. The van der Waals surface area contributed by atoms with Gasteiger partial charge in [0.25, 0.3) is 0 Å². The molecule has 0 aliphatic carbocycles. The van der Waals surface area contributed by atoms with Crippen molar-refractivity contribution in [3.05, 3.63) is 47.5 Å². The lowest BCUT2D eigenvalue weighted by Gasteiger charge is -2.20. The normalized spacial score (nSPS) is 16.4. The van der Waals surface area contributed by atoms with Crippen LogP contribution in [0.3, 0.4) is 0 Å². The molecule has 6 nitrogen and oxygen atoms in total. The quantitative estimate of drug-likeness (QED) is 0.776. The standard InChI is InChI=1S/C14H18N2O4/c1-14(2)16-11(8-17)12(20-14)15-13(18)19-9-10-6-4-3-5-7-10/h3-7,16-17H,8-9H2,1-2H3,(H,15,18). The van der Waals surface area contributed by atoms with Crippen molar-refractivity contribution in [1.82, 2.24) is 10.6 Å². The zero-order chi connectivity index (χ0) is 14.6. The summed E-state index contributed by atoms with van der Waals surface area (Å²) in [5, 5.41) is 14.6. The molecule has 0 bridgehead atoms. The van der Waals surface area contributed by atoms with E-state index in [1.165, 1.54) is 0 Å². The van der Waals surface area contributed by atoms with Crippen molar-refractivity contribution in [2.24, 2.45) is 0 Å². The van der Waals surface area contributed by atoms with Crippen LogP contribution in [-0.2, 0) is 16.1 Å². The largest absolute Gasteiger partial charge is 0.452 e. The first-order valence-corrected chi connectivity index (χ1v) is 6.29. The molecule has 0 fully saturated rings. The molecule has 1 aromatic carbocycles. The van der Waals surface area contributed by atoms with Crippen LogP contribution in [-0.4, -0.2) is 23.5 Å². The summed E-state index contributed by atoms with van der Waals surface area (Å²) in [6.07, 6.45) is -0.630. The van der Waals surface area contributed by atoms with Gasteiger partial charge < -0.3 is 19.9 Å². The predicted octanol–water partition coefficient (Wildman–Crippen LogP) is 1.43. The number of alkyl carbamates (subject to hydrolysis) is 1. The highest BCUT2D eigenvalue weighted by atomic mass is 16.6. The minimum absolute atomic E-state index is 0.172. The summed E-state index contributed by atoms with van der Waals surface area (Å²) in [5.74, 6) is 0.190. The second-order valence-corrected chi connectivity index (χ2v) is 4.89. The van der Waals surface area contributed by atoms with Gasteiger partial charge in [0.15, 0.2) is 5.72 Å². The number of benzene rings is 1. The Hall–Kier alpha value is -2.21. The molecule has 3 N–H and O–H groups in total. The van der Waals surface area contributed by atoms with Crippen LogP contribution in [0.5, 0.6) is 0 Å². The molecule has 0 spiro atoms. The Morgan fingerprint density at radius 2 is 2.10 bits per heavy atom. The van der Waals surface area contributed by atoms with Gasteiger partial charge in [0.2, 0.25) is 5.88 Å². The molecule has 0 atom stereocenters. The van der Waals surface area contributed by atoms with Crippen LogP contribution >= 0.6 is 0 Å². The van der Waals surface area contributed by atoms with Crippen molar-refractivity contribution in [2.45, 2.75) is 26.2 Å². The van der Waals surface area contributed by atoms with Crippen LogP contribution in [0.2, 0.25) is 0 Å². The Bertz CT molecular complexity index is 511. The molecule has 1 amide bonds. The summed E-state index contributed by atoms with van der Waals surface area (Å²) in [6.45, 7) is 3.49. The number of nitrogens with one attached hydrogen (secondary N) is 2. The summed E-state index contributed by atoms with van der Waals surface area (Å²) >= 11 is 0. The lowest BCUT2D eigenvalue weighted by Crippen LogP contribution is -2.35. The lowest BCUT2D eigenvalue weighted by molar-refractivity contribution is 0.0320. The number of ether oxygens (including phenoxy) is 2. The van der Waals surface area contributed by atoms with Crippen molar-refractivity contribution in [2.75, 3.05) is 6.61 Å². The van der Waals surface area contributed by atoms with Crippen molar-refractivity contribution in [1.29, 1.82) is 0 Å².